The van der Waals surface area contributed by atoms with E-state index < -0.39 is 0 Å². The molecular formula is C21H26N2O2S. The fourth-order valence-corrected chi connectivity index (χ4v) is 3.50. The minimum absolute atomic E-state index is 0.774. The average Bonchev–Trinajstić information content (AvgIpc) is 3.26. The smallest absolute Gasteiger partial charge is 0.136 e. The Bertz CT molecular complexity index is 792. The van der Waals surface area contributed by atoms with Crippen molar-refractivity contribution in [3.8, 4) is 17.0 Å². The van der Waals surface area contributed by atoms with Crippen LogP contribution in [0.4, 0.5) is 0 Å². The highest BCUT2D eigenvalue weighted by atomic mass is 32.1. The topological polar surface area (TPSA) is 48.2 Å². The lowest BCUT2D eigenvalue weighted by Crippen LogP contribution is -1.97. The molecule has 0 aliphatic carbocycles. The molecule has 5 heteroatoms. The first-order valence-corrected chi connectivity index (χ1v) is 10.2. The minimum atomic E-state index is 0.774. The van der Waals surface area contributed by atoms with Gasteiger partial charge in [-0.25, -0.2) is 4.98 Å². The van der Waals surface area contributed by atoms with E-state index in [1.54, 1.807) is 11.3 Å². The largest absolute Gasteiger partial charge is 0.494 e. The Morgan fingerprint density at radius 2 is 1.77 bits per heavy atom. The summed E-state index contributed by atoms with van der Waals surface area (Å²) in [4.78, 5) is 4.51. The van der Waals surface area contributed by atoms with Crippen molar-refractivity contribution in [3.63, 3.8) is 0 Å². The van der Waals surface area contributed by atoms with Crippen molar-refractivity contribution in [3.05, 3.63) is 52.2 Å². The molecule has 2 heterocycles. The molecule has 3 rings (SSSR count). The molecule has 2 aromatic heterocycles. The van der Waals surface area contributed by atoms with Crippen molar-refractivity contribution in [2.24, 2.45) is 0 Å². The maximum absolute atomic E-state index is 5.84. The number of aromatic nitrogens is 2. The molecule has 0 aliphatic heterocycles. The lowest BCUT2D eigenvalue weighted by molar-refractivity contribution is 0.304. The van der Waals surface area contributed by atoms with Gasteiger partial charge in [0.25, 0.3) is 0 Å². The molecule has 0 N–H and O–H groups in total. The first kappa shape index (κ1) is 18.6. The molecule has 0 amide bonds. The van der Waals surface area contributed by atoms with E-state index in [2.05, 4.69) is 27.7 Å². The van der Waals surface area contributed by atoms with Gasteiger partial charge in [-0.2, -0.15) is 0 Å². The summed E-state index contributed by atoms with van der Waals surface area (Å²) in [7, 11) is 0. The number of nitrogens with zero attached hydrogens (tertiary/aromatic N) is 2. The standard InChI is InChI=1S/C21H26N2O2S/c1-16-14-20(25-23-16)8-6-4-3-5-7-13-24-19-11-9-18(10-12-19)21-15-26-17(2)22-21/h9-12,14-15H,3-8,13H2,1-2H3. The van der Waals surface area contributed by atoms with E-state index in [1.807, 2.05) is 32.0 Å². The molecule has 0 spiro atoms. The number of hydrogen-bond acceptors (Lipinski definition) is 5. The van der Waals surface area contributed by atoms with Gasteiger partial charge < -0.3 is 9.26 Å². The van der Waals surface area contributed by atoms with Crippen LogP contribution in [0.1, 0.15) is 48.6 Å². The number of benzene rings is 1. The van der Waals surface area contributed by atoms with Crippen LogP contribution in [0.25, 0.3) is 11.3 Å². The van der Waals surface area contributed by atoms with Crippen LogP contribution in [0.15, 0.2) is 40.2 Å². The summed E-state index contributed by atoms with van der Waals surface area (Å²) in [5.41, 5.74) is 3.15. The maximum Gasteiger partial charge on any atom is 0.136 e. The van der Waals surface area contributed by atoms with Crippen molar-refractivity contribution in [1.82, 2.24) is 10.1 Å². The molecule has 0 saturated heterocycles. The van der Waals surface area contributed by atoms with Crippen molar-refractivity contribution in [2.75, 3.05) is 6.61 Å². The molecule has 4 nitrogen and oxygen atoms in total. The first-order chi connectivity index (χ1) is 12.7. The molecule has 0 bridgehead atoms. The summed E-state index contributed by atoms with van der Waals surface area (Å²) in [6, 6.07) is 10.2. The van der Waals surface area contributed by atoms with E-state index in [-0.39, 0.29) is 0 Å². The van der Waals surface area contributed by atoms with Gasteiger partial charge in [0.05, 0.1) is 23.0 Å². The minimum Gasteiger partial charge on any atom is -0.494 e. The molecule has 0 radical (unpaired) electrons. The number of hydrogen-bond donors (Lipinski definition) is 0. The summed E-state index contributed by atoms with van der Waals surface area (Å²) in [6.45, 7) is 4.76. The predicted molar refractivity (Wildman–Crippen MR) is 106 cm³/mol. The first-order valence-electron chi connectivity index (χ1n) is 9.28. The van der Waals surface area contributed by atoms with Crippen molar-refractivity contribution < 1.29 is 9.26 Å². The Hall–Kier alpha value is -2.14. The molecule has 1 aromatic carbocycles. The van der Waals surface area contributed by atoms with E-state index >= 15 is 0 Å². The Kier molecular flexibility index (Phi) is 6.83. The van der Waals surface area contributed by atoms with Gasteiger partial charge in [-0.05, 0) is 51.0 Å². The van der Waals surface area contributed by atoms with E-state index in [9.17, 15) is 0 Å². The average molecular weight is 371 g/mol. The highest BCUT2D eigenvalue weighted by Crippen LogP contribution is 2.24. The molecule has 0 fully saturated rings. The molecule has 3 aromatic rings. The molecular weight excluding hydrogens is 344 g/mol. The molecule has 0 saturated carbocycles. The van der Waals surface area contributed by atoms with Crippen LogP contribution in [-0.2, 0) is 6.42 Å². The van der Waals surface area contributed by atoms with Crippen molar-refractivity contribution in [1.29, 1.82) is 0 Å². The monoisotopic (exact) mass is 370 g/mol. The Morgan fingerprint density at radius 1 is 1.00 bits per heavy atom. The van der Waals surface area contributed by atoms with Crippen LogP contribution in [-0.4, -0.2) is 16.7 Å². The van der Waals surface area contributed by atoms with Crippen LogP contribution in [0, 0.1) is 13.8 Å². The molecule has 0 aliphatic rings. The summed E-state index contributed by atoms with van der Waals surface area (Å²) in [6.07, 6.45) is 6.90. The second kappa shape index (κ2) is 9.53. The third-order valence-electron chi connectivity index (χ3n) is 4.28. The van der Waals surface area contributed by atoms with Crippen LogP contribution in [0.2, 0.25) is 0 Å². The maximum atomic E-state index is 5.84. The van der Waals surface area contributed by atoms with Crippen LogP contribution >= 0.6 is 11.3 Å². The van der Waals surface area contributed by atoms with E-state index in [4.69, 9.17) is 9.26 Å². The zero-order valence-corrected chi connectivity index (χ0v) is 16.3. The van der Waals surface area contributed by atoms with E-state index in [0.717, 1.165) is 59.3 Å². The van der Waals surface area contributed by atoms with Crippen LogP contribution < -0.4 is 4.74 Å². The normalized spacial score (nSPS) is 11.0. The molecule has 0 atom stereocenters. The number of unbranched alkanes of at least 4 members (excludes halogenated alkanes) is 4. The van der Waals surface area contributed by atoms with Gasteiger partial charge in [0, 0.05) is 23.4 Å². The number of ether oxygens (including phenoxy) is 1. The SMILES string of the molecule is Cc1cc(CCCCCCCOc2ccc(-c3csc(C)n3)cc2)on1. The Labute approximate surface area is 159 Å². The third-order valence-corrected chi connectivity index (χ3v) is 5.06. The van der Waals surface area contributed by atoms with Gasteiger partial charge in [-0.1, -0.05) is 24.4 Å². The fourth-order valence-electron chi connectivity index (χ4n) is 2.87. The Morgan fingerprint density at radius 3 is 2.46 bits per heavy atom. The second-order valence-electron chi connectivity index (χ2n) is 6.58. The summed E-state index contributed by atoms with van der Waals surface area (Å²) in [5.74, 6) is 1.93. The van der Waals surface area contributed by atoms with Gasteiger partial charge in [0.15, 0.2) is 0 Å². The number of thiazole rings is 1. The fraction of sp³-hybridized carbons (Fsp3) is 0.429. The van der Waals surface area contributed by atoms with E-state index in [0.29, 0.717) is 0 Å². The lowest BCUT2D eigenvalue weighted by Gasteiger charge is -2.07. The van der Waals surface area contributed by atoms with Gasteiger partial charge >= 0.3 is 0 Å². The summed E-state index contributed by atoms with van der Waals surface area (Å²) in [5, 5.41) is 7.10. The molecule has 26 heavy (non-hydrogen) atoms. The zero-order valence-electron chi connectivity index (χ0n) is 15.5. The molecule has 0 unspecified atom stereocenters. The van der Waals surface area contributed by atoms with Gasteiger partial charge in [0.2, 0.25) is 0 Å². The quantitative estimate of drug-likeness (QED) is 0.411. The number of rotatable bonds is 10. The second-order valence-corrected chi connectivity index (χ2v) is 7.64. The highest BCUT2D eigenvalue weighted by molar-refractivity contribution is 7.09. The summed E-state index contributed by atoms with van der Waals surface area (Å²) < 4.78 is 11.1. The predicted octanol–water partition coefficient (Wildman–Crippen LogP) is 5.99. The Balaban J connectivity index is 1.26. The van der Waals surface area contributed by atoms with Crippen LogP contribution in [0.3, 0.4) is 0 Å². The zero-order chi connectivity index (χ0) is 18.2. The van der Waals surface area contributed by atoms with Gasteiger partial charge in [0.1, 0.15) is 11.5 Å². The van der Waals surface area contributed by atoms with Crippen LogP contribution in [0.5, 0.6) is 5.75 Å². The third kappa shape index (κ3) is 5.70. The summed E-state index contributed by atoms with van der Waals surface area (Å²) >= 11 is 1.68. The van der Waals surface area contributed by atoms with Crippen molar-refractivity contribution in [2.45, 2.75) is 52.4 Å². The van der Waals surface area contributed by atoms with Gasteiger partial charge in [-0.15, -0.1) is 11.3 Å². The number of aryl methyl sites for hydroxylation is 3. The highest BCUT2D eigenvalue weighted by Gasteiger charge is 2.03. The van der Waals surface area contributed by atoms with Crippen molar-refractivity contribution >= 4 is 11.3 Å². The van der Waals surface area contributed by atoms with E-state index in [1.165, 1.54) is 19.3 Å². The van der Waals surface area contributed by atoms with Gasteiger partial charge in [-0.3, -0.25) is 0 Å². The lowest BCUT2D eigenvalue weighted by atomic mass is 10.1. The molecule has 138 valence electrons.